The molecular weight excluding hydrogens is 440 g/mol. The zero-order valence-electron chi connectivity index (χ0n) is 18.8. The first-order chi connectivity index (χ1) is 15.8. The maximum atomic E-state index is 12.8. The van der Waals surface area contributed by atoms with Gasteiger partial charge in [-0.1, -0.05) is 29.8 Å². The van der Waals surface area contributed by atoms with Gasteiger partial charge in [-0.25, -0.2) is 18.1 Å². The van der Waals surface area contributed by atoms with Crippen molar-refractivity contribution in [1.82, 2.24) is 29.3 Å². The number of aryl methyl sites for hydroxylation is 1. The summed E-state index contributed by atoms with van der Waals surface area (Å²) in [7, 11) is -3.51. The summed E-state index contributed by atoms with van der Waals surface area (Å²) in [5, 5.41) is 7.13. The average molecular weight is 469 g/mol. The van der Waals surface area contributed by atoms with Crippen LogP contribution in [0.1, 0.15) is 24.1 Å². The molecule has 1 amide bonds. The number of amides is 1. The Labute approximate surface area is 194 Å². The number of hydrogen-bond donors (Lipinski definition) is 1. The number of benzene rings is 2. The van der Waals surface area contributed by atoms with Gasteiger partial charge >= 0.3 is 0 Å². The van der Waals surface area contributed by atoms with Crippen molar-refractivity contribution in [3.8, 4) is 5.69 Å². The fourth-order valence-corrected chi connectivity index (χ4v) is 5.24. The van der Waals surface area contributed by atoms with Crippen LogP contribution in [-0.2, 0) is 14.8 Å². The summed E-state index contributed by atoms with van der Waals surface area (Å²) in [4.78, 5) is 18.8. The van der Waals surface area contributed by atoms with Gasteiger partial charge in [0.05, 0.1) is 23.2 Å². The largest absolute Gasteiger partial charge is 0.348 e. The average Bonchev–Trinajstić information content (AvgIpc) is 3.35. The molecule has 3 aromatic rings. The number of nitrogens with one attached hydrogen (secondary N) is 1. The van der Waals surface area contributed by atoms with Gasteiger partial charge in [0.25, 0.3) is 0 Å². The standard InChI is InChI=1S/C23H28N6O3S/c1-18-3-9-22(10-4-18)33(31,32)28-13-11-27(12-14-28)15-23(30)26-19(2)20-5-7-21(8-6-20)29-17-24-16-25-29/h3-10,16-17,19H,11-15H2,1-2H3,(H,26,30). The molecule has 1 atom stereocenters. The van der Waals surface area contributed by atoms with E-state index in [0.29, 0.717) is 31.1 Å². The fraction of sp³-hybridized carbons (Fsp3) is 0.348. The van der Waals surface area contributed by atoms with Crippen molar-refractivity contribution in [2.24, 2.45) is 0 Å². The van der Waals surface area contributed by atoms with Crippen molar-refractivity contribution in [2.75, 3.05) is 32.7 Å². The van der Waals surface area contributed by atoms with E-state index >= 15 is 0 Å². The van der Waals surface area contributed by atoms with Crippen molar-refractivity contribution in [3.63, 3.8) is 0 Å². The quantitative estimate of drug-likeness (QED) is 0.567. The van der Waals surface area contributed by atoms with Crippen LogP contribution in [0.5, 0.6) is 0 Å². The third kappa shape index (κ3) is 5.47. The van der Waals surface area contributed by atoms with E-state index in [1.165, 1.54) is 10.6 Å². The van der Waals surface area contributed by atoms with Crippen LogP contribution >= 0.6 is 0 Å². The normalized spacial score (nSPS) is 16.4. The second-order valence-corrected chi connectivity index (χ2v) is 10.2. The van der Waals surface area contributed by atoms with E-state index < -0.39 is 10.0 Å². The van der Waals surface area contributed by atoms with Crippen LogP contribution < -0.4 is 5.32 Å². The minimum absolute atomic E-state index is 0.0855. The molecule has 1 aliphatic rings. The lowest BCUT2D eigenvalue weighted by Crippen LogP contribution is -2.51. The van der Waals surface area contributed by atoms with Crippen molar-refractivity contribution in [3.05, 3.63) is 72.3 Å². The molecule has 2 heterocycles. The Morgan fingerprint density at radius 3 is 2.30 bits per heavy atom. The van der Waals surface area contributed by atoms with E-state index in [1.54, 1.807) is 35.3 Å². The van der Waals surface area contributed by atoms with Crippen LogP contribution in [0.4, 0.5) is 0 Å². The molecule has 4 rings (SSSR count). The predicted molar refractivity (Wildman–Crippen MR) is 124 cm³/mol. The molecule has 174 valence electrons. The Bertz CT molecular complexity index is 1170. The van der Waals surface area contributed by atoms with Gasteiger partial charge in [-0.05, 0) is 43.7 Å². The number of sulfonamides is 1. The Morgan fingerprint density at radius 1 is 1.03 bits per heavy atom. The molecule has 1 saturated heterocycles. The van der Waals surface area contributed by atoms with Gasteiger partial charge in [-0.15, -0.1) is 0 Å². The topological polar surface area (TPSA) is 100 Å². The van der Waals surface area contributed by atoms with Gasteiger partial charge in [0.15, 0.2) is 0 Å². The van der Waals surface area contributed by atoms with Crippen LogP contribution in [0.25, 0.3) is 5.69 Å². The highest BCUT2D eigenvalue weighted by atomic mass is 32.2. The van der Waals surface area contributed by atoms with Crippen molar-refractivity contribution in [2.45, 2.75) is 24.8 Å². The van der Waals surface area contributed by atoms with E-state index in [2.05, 4.69) is 15.4 Å². The minimum atomic E-state index is -3.51. The summed E-state index contributed by atoms with van der Waals surface area (Å²) in [5.41, 5.74) is 2.90. The van der Waals surface area contributed by atoms with Crippen molar-refractivity contribution in [1.29, 1.82) is 0 Å². The Hall–Kier alpha value is -3.08. The summed E-state index contributed by atoms with van der Waals surface area (Å²) < 4.78 is 28.9. The molecule has 1 fully saturated rings. The number of hydrogen-bond acceptors (Lipinski definition) is 6. The zero-order valence-corrected chi connectivity index (χ0v) is 19.6. The molecule has 2 aromatic carbocycles. The Balaban J connectivity index is 1.27. The summed E-state index contributed by atoms with van der Waals surface area (Å²) in [6.07, 6.45) is 3.11. The van der Waals surface area contributed by atoms with E-state index in [9.17, 15) is 13.2 Å². The number of carbonyl (C=O) groups is 1. The SMILES string of the molecule is Cc1ccc(S(=O)(=O)N2CCN(CC(=O)NC(C)c3ccc(-n4cncn4)cc3)CC2)cc1. The van der Waals surface area contributed by atoms with E-state index in [4.69, 9.17) is 0 Å². The molecule has 0 radical (unpaired) electrons. The number of piperazine rings is 1. The zero-order chi connectivity index (χ0) is 23.4. The molecule has 0 aliphatic carbocycles. The molecule has 1 unspecified atom stereocenters. The van der Waals surface area contributed by atoms with Crippen LogP contribution in [0.15, 0.2) is 66.1 Å². The monoisotopic (exact) mass is 468 g/mol. The molecular formula is C23H28N6O3S. The third-order valence-corrected chi connectivity index (χ3v) is 7.72. The van der Waals surface area contributed by atoms with Crippen LogP contribution in [-0.4, -0.2) is 71.0 Å². The van der Waals surface area contributed by atoms with Gasteiger partial charge in [0, 0.05) is 26.2 Å². The molecule has 0 saturated carbocycles. The highest BCUT2D eigenvalue weighted by Gasteiger charge is 2.29. The molecule has 0 spiro atoms. The number of nitrogens with zero attached hydrogens (tertiary/aromatic N) is 5. The van der Waals surface area contributed by atoms with Crippen LogP contribution in [0.3, 0.4) is 0 Å². The lowest BCUT2D eigenvalue weighted by Gasteiger charge is -2.33. The van der Waals surface area contributed by atoms with Gasteiger partial charge in [-0.3, -0.25) is 9.69 Å². The second-order valence-electron chi connectivity index (χ2n) is 8.21. The Morgan fingerprint density at radius 2 is 1.70 bits per heavy atom. The minimum Gasteiger partial charge on any atom is -0.348 e. The molecule has 33 heavy (non-hydrogen) atoms. The number of aromatic nitrogens is 3. The Kier molecular flexibility index (Phi) is 6.87. The molecule has 1 aromatic heterocycles. The molecule has 9 nitrogen and oxygen atoms in total. The maximum Gasteiger partial charge on any atom is 0.243 e. The predicted octanol–water partition coefficient (Wildman–Crippen LogP) is 1.76. The summed E-state index contributed by atoms with van der Waals surface area (Å²) in [5.74, 6) is -0.0855. The molecule has 10 heteroatoms. The summed E-state index contributed by atoms with van der Waals surface area (Å²) in [6, 6.07) is 14.5. The smallest absolute Gasteiger partial charge is 0.243 e. The first-order valence-corrected chi connectivity index (χ1v) is 12.3. The number of carbonyl (C=O) groups excluding carboxylic acids is 1. The van der Waals surface area contributed by atoms with Crippen molar-refractivity contribution >= 4 is 15.9 Å². The number of rotatable bonds is 7. The first-order valence-electron chi connectivity index (χ1n) is 10.9. The van der Waals surface area contributed by atoms with Gasteiger partial charge in [-0.2, -0.15) is 9.40 Å². The lowest BCUT2D eigenvalue weighted by molar-refractivity contribution is -0.123. The fourth-order valence-electron chi connectivity index (χ4n) is 3.82. The van der Waals surface area contributed by atoms with Gasteiger partial charge in [0.2, 0.25) is 15.9 Å². The maximum absolute atomic E-state index is 12.8. The third-order valence-electron chi connectivity index (χ3n) is 5.81. The van der Waals surface area contributed by atoms with Crippen LogP contribution in [0.2, 0.25) is 0 Å². The lowest BCUT2D eigenvalue weighted by atomic mass is 10.1. The molecule has 1 N–H and O–H groups in total. The molecule has 0 bridgehead atoms. The first kappa shape index (κ1) is 23.1. The van der Waals surface area contributed by atoms with E-state index in [1.807, 2.05) is 43.0 Å². The summed E-state index contributed by atoms with van der Waals surface area (Å²) in [6.45, 7) is 5.86. The van der Waals surface area contributed by atoms with Gasteiger partial charge < -0.3 is 5.32 Å². The summed E-state index contributed by atoms with van der Waals surface area (Å²) >= 11 is 0. The highest BCUT2D eigenvalue weighted by molar-refractivity contribution is 7.89. The van der Waals surface area contributed by atoms with E-state index in [-0.39, 0.29) is 18.5 Å². The van der Waals surface area contributed by atoms with Gasteiger partial charge in [0.1, 0.15) is 12.7 Å². The highest BCUT2D eigenvalue weighted by Crippen LogP contribution is 2.19. The van der Waals surface area contributed by atoms with Crippen molar-refractivity contribution < 1.29 is 13.2 Å². The van der Waals surface area contributed by atoms with E-state index in [0.717, 1.165) is 16.8 Å². The second kappa shape index (κ2) is 9.82. The molecule has 1 aliphatic heterocycles. The van der Waals surface area contributed by atoms with Crippen LogP contribution in [0, 0.1) is 6.92 Å².